The number of thiazole rings is 1. The normalized spacial score (nSPS) is 20.5. The minimum atomic E-state index is -0.176. The van der Waals surface area contributed by atoms with Crippen LogP contribution < -0.4 is 5.32 Å². The largest absolute Gasteiger partial charge is 0.301 e. The molecule has 0 aromatic carbocycles. The van der Waals surface area contributed by atoms with Crippen molar-refractivity contribution in [3.8, 4) is 0 Å². The second kappa shape index (κ2) is 6.31. The van der Waals surface area contributed by atoms with Crippen LogP contribution in [-0.4, -0.2) is 49.2 Å². The van der Waals surface area contributed by atoms with Gasteiger partial charge >= 0.3 is 0 Å². The van der Waals surface area contributed by atoms with Gasteiger partial charge in [0.05, 0.1) is 12.6 Å². The zero-order valence-electron chi connectivity index (χ0n) is 11.8. The Hall–Kier alpha value is -1.80. The van der Waals surface area contributed by atoms with Crippen molar-refractivity contribution in [1.29, 1.82) is 0 Å². The SMILES string of the molecule is CC(C(=O)Nc1nccs1)N1CCCC1Cn1cncn1. The molecule has 2 atom stereocenters. The van der Waals surface area contributed by atoms with E-state index in [1.165, 1.54) is 17.7 Å². The van der Waals surface area contributed by atoms with Crippen LogP contribution in [0.1, 0.15) is 19.8 Å². The highest BCUT2D eigenvalue weighted by Gasteiger charge is 2.32. The molecule has 0 aliphatic carbocycles. The Morgan fingerprint density at radius 2 is 2.52 bits per heavy atom. The molecule has 3 heterocycles. The minimum Gasteiger partial charge on any atom is -0.301 e. The van der Waals surface area contributed by atoms with Crippen LogP contribution in [0.4, 0.5) is 5.13 Å². The van der Waals surface area contributed by atoms with Gasteiger partial charge < -0.3 is 5.32 Å². The van der Waals surface area contributed by atoms with E-state index >= 15 is 0 Å². The summed E-state index contributed by atoms with van der Waals surface area (Å²) in [6.07, 6.45) is 7.13. The lowest BCUT2D eigenvalue weighted by Crippen LogP contribution is -2.46. The molecular weight excluding hydrogens is 288 g/mol. The van der Waals surface area contributed by atoms with E-state index in [-0.39, 0.29) is 11.9 Å². The van der Waals surface area contributed by atoms with Crippen molar-refractivity contribution < 1.29 is 4.79 Å². The Morgan fingerprint density at radius 1 is 1.62 bits per heavy atom. The number of anilines is 1. The van der Waals surface area contributed by atoms with E-state index in [1.54, 1.807) is 12.5 Å². The second-order valence-electron chi connectivity index (χ2n) is 5.15. The first-order valence-electron chi connectivity index (χ1n) is 7.02. The van der Waals surface area contributed by atoms with Gasteiger partial charge in [-0.3, -0.25) is 14.4 Å². The summed E-state index contributed by atoms with van der Waals surface area (Å²) in [5.41, 5.74) is 0. The van der Waals surface area contributed by atoms with Crippen molar-refractivity contribution in [1.82, 2.24) is 24.6 Å². The third-order valence-corrected chi connectivity index (χ3v) is 4.51. The monoisotopic (exact) mass is 306 g/mol. The average molecular weight is 306 g/mol. The molecule has 0 saturated carbocycles. The Bertz CT molecular complexity index is 570. The zero-order valence-corrected chi connectivity index (χ0v) is 12.7. The number of nitrogens with one attached hydrogen (secondary N) is 1. The summed E-state index contributed by atoms with van der Waals surface area (Å²) in [6.45, 7) is 3.66. The first kappa shape index (κ1) is 14.2. The van der Waals surface area contributed by atoms with Gasteiger partial charge in [-0.05, 0) is 26.3 Å². The van der Waals surface area contributed by atoms with Gasteiger partial charge in [-0.1, -0.05) is 0 Å². The minimum absolute atomic E-state index is 0.00422. The van der Waals surface area contributed by atoms with E-state index in [0.717, 1.165) is 25.9 Å². The molecule has 0 spiro atoms. The van der Waals surface area contributed by atoms with E-state index in [9.17, 15) is 4.79 Å². The van der Waals surface area contributed by atoms with Gasteiger partial charge in [-0.15, -0.1) is 11.3 Å². The van der Waals surface area contributed by atoms with Crippen LogP contribution >= 0.6 is 11.3 Å². The zero-order chi connectivity index (χ0) is 14.7. The first-order valence-corrected chi connectivity index (χ1v) is 7.90. The number of carbonyl (C=O) groups is 1. The van der Waals surface area contributed by atoms with Crippen LogP contribution in [0.3, 0.4) is 0 Å². The van der Waals surface area contributed by atoms with Crippen molar-refractivity contribution in [2.45, 2.75) is 38.4 Å². The summed E-state index contributed by atoms with van der Waals surface area (Å²) in [7, 11) is 0. The molecule has 2 aromatic rings. The van der Waals surface area contributed by atoms with Crippen LogP contribution in [0, 0.1) is 0 Å². The highest BCUT2D eigenvalue weighted by atomic mass is 32.1. The smallest absolute Gasteiger partial charge is 0.243 e. The number of hydrogen-bond donors (Lipinski definition) is 1. The van der Waals surface area contributed by atoms with Gasteiger partial charge in [-0.2, -0.15) is 5.10 Å². The molecular formula is C13H18N6OS. The highest BCUT2D eigenvalue weighted by molar-refractivity contribution is 7.13. The average Bonchev–Trinajstić information content (AvgIpc) is 3.20. The van der Waals surface area contributed by atoms with Gasteiger partial charge in [0, 0.05) is 17.6 Å². The quantitative estimate of drug-likeness (QED) is 0.899. The molecule has 21 heavy (non-hydrogen) atoms. The van der Waals surface area contributed by atoms with E-state index in [0.29, 0.717) is 11.2 Å². The fourth-order valence-corrected chi connectivity index (χ4v) is 3.28. The summed E-state index contributed by atoms with van der Waals surface area (Å²) < 4.78 is 1.83. The van der Waals surface area contributed by atoms with Gasteiger partial charge in [0.2, 0.25) is 5.91 Å². The summed E-state index contributed by atoms with van der Waals surface area (Å²) in [6, 6.07) is 0.147. The predicted octanol–water partition coefficient (Wildman–Crippen LogP) is 1.23. The third kappa shape index (κ3) is 3.27. The molecule has 2 aromatic heterocycles. The molecule has 112 valence electrons. The molecule has 7 nitrogen and oxygen atoms in total. The number of hydrogen-bond acceptors (Lipinski definition) is 6. The summed E-state index contributed by atoms with van der Waals surface area (Å²) >= 11 is 1.43. The number of amides is 1. The Kier molecular flexibility index (Phi) is 4.26. The Balaban J connectivity index is 1.62. The van der Waals surface area contributed by atoms with Gasteiger partial charge in [0.1, 0.15) is 12.7 Å². The summed E-state index contributed by atoms with van der Waals surface area (Å²) in [5.74, 6) is -0.00422. The molecule has 1 amide bonds. The molecule has 0 bridgehead atoms. The van der Waals surface area contributed by atoms with Crippen LogP contribution in [0.2, 0.25) is 0 Å². The van der Waals surface area contributed by atoms with E-state index in [1.807, 2.05) is 17.0 Å². The maximum Gasteiger partial charge on any atom is 0.243 e. The fraction of sp³-hybridized carbons (Fsp3) is 0.538. The summed E-state index contributed by atoms with van der Waals surface area (Å²) in [5, 5.41) is 9.52. The Morgan fingerprint density at radius 3 is 3.24 bits per heavy atom. The number of aromatic nitrogens is 4. The molecule has 1 fully saturated rings. The van der Waals surface area contributed by atoms with Crippen molar-refractivity contribution in [2.75, 3.05) is 11.9 Å². The van der Waals surface area contributed by atoms with Gasteiger partial charge in [0.25, 0.3) is 0 Å². The van der Waals surface area contributed by atoms with Crippen molar-refractivity contribution in [2.24, 2.45) is 0 Å². The molecule has 1 N–H and O–H groups in total. The van der Waals surface area contributed by atoms with Crippen molar-refractivity contribution in [3.05, 3.63) is 24.2 Å². The number of nitrogens with zero attached hydrogens (tertiary/aromatic N) is 5. The van der Waals surface area contributed by atoms with Crippen LogP contribution in [0.15, 0.2) is 24.2 Å². The molecule has 0 radical (unpaired) electrons. The summed E-state index contributed by atoms with van der Waals surface area (Å²) in [4.78, 5) is 22.6. The lowest BCUT2D eigenvalue weighted by Gasteiger charge is -2.29. The number of likely N-dealkylation sites (tertiary alicyclic amines) is 1. The van der Waals surface area contributed by atoms with E-state index < -0.39 is 0 Å². The van der Waals surface area contributed by atoms with E-state index in [4.69, 9.17) is 0 Å². The number of carbonyl (C=O) groups excluding carboxylic acids is 1. The second-order valence-corrected chi connectivity index (χ2v) is 6.05. The number of rotatable bonds is 5. The van der Waals surface area contributed by atoms with Gasteiger partial charge in [0.15, 0.2) is 5.13 Å². The van der Waals surface area contributed by atoms with Crippen molar-refractivity contribution in [3.63, 3.8) is 0 Å². The molecule has 1 aliphatic heterocycles. The lowest BCUT2D eigenvalue weighted by atomic mass is 10.2. The van der Waals surface area contributed by atoms with Gasteiger partial charge in [-0.25, -0.2) is 9.97 Å². The molecule has 8 heteroatoms. The molecule has 2 unspecified atom stereocenters. The van der Waals surface area contributed by atoms with Crippen LogP contribution in [-0.2, 0) is 11.3 Å². The fourth-order valence-electron chi connectivity index (χ4n) is 2.75. The third-order valence-electron chi connectivity index (χ3n) is 3.83. The topological polar surface area (TPSA) is 75.9 Å². The predicted molar refractivity (Wildman–Crippen MR) is 80.0 cm³/mol. The van der Waals surface area contributed by atoms with E-state index in [2.05, 4.69) is 25.3 Å². The van der Waals surface area contributed by atoms with Crippen LogP contribution in [0.5, 0.6) is 0 Å². The standard InChI is InChI=1S/C13H18N6OS/c1-10(12(20)17-13-15-4-6-21-13)19-5-2-3-11(19)7-18-9-14-8-16-18/h4,6,8-11H,2-3,5,7H2,1H3,(H,15,17,20). The van der Waals surface area contributed by atoms with Crippen molar-refractivity contribution >= 4 is 22.4 Å². The molecule has 1 aliphatic rings. The Labute approximate surface area is 127 Å². The first-order chi connectivity index (χ1) is 10.2. The molecule has 1 saturated heterocycles. The maximum absolute atomic E-state index is 12.3. The lowest BCUT2D eigenvalue weighted by molar-refractivity contribution is -0.121. The van der Waals surface area contributed by atoms with Crippen LogP contribution in [0.25, 0.3) is 0 Å². The maximum atomic E-state index is 12.3. The molecule has 3 rings (SSSR count). The highest BCUT2D eigenvalue weighted by Crippen LogP contribution is 2.22.